The van der Waals surface area contributed by atoms with E-state index < -0.39 is 12.0 Å². The summed E-state index contributed by atoms with van der Waals surface area (Å²) >= 11 is 0. The molecule has 172 valence electrons. The maximum atomic E-state index is 11.7. The molecule has 0 saturated carbocycles. The SMILES string of the molecule is CN(CCCc1ccc2c(n1)NCCC2)CCN(C=O)C(CC(=O)O)c1ccc(=O)[nH]c1. The molecule has 1 atom stereocenters. The fraction of sp³-hybridized carbons (Fsp3) is 0.478. The van der Waals surface area contributed by atoms with Gasteiger partial charge in [-0.1, -0.05) is 12.1 Å². The zero-order valence-electron chi connectivity index (χ0n) is 18.4. The van der Waals surface area contributed by atoms with Crippen LogP contribution in [-0.2, 0) is 22.4 Å². The lowest BCUT2D eigenvalue weighted by atomic mass is 10.0. The Balaban J connectivity index is 1.50. The molecule has 32 heavy (non-hydrogen) atoms. The van der Waals surface area contributed by atoms with Crippen molar-refractivity contribution in [2.45, 2.75) is 38.1 Å². The second-order valence-corrected chi connectivity index (χ2v) is 8.19. The first-order chi connectivity index (χ1) is 15.5. The van der Waals surface area contributed by atoms with E-state index >= 15 is 0 Å². The van der Waals surface area contributed by atoms with Crippen molar-refractivity contribution in [1.82, 2.24) is 19.8 Å². The number of carboxylic acids is 1. The number of aromatic nitrogens is 2. The van der Waals surface area contributed by atoms with E-state index in [1.807, 2.05) is 7.05 Å². The summed E-state index contributed by atoms with van der Waals surface area (Å²) in [4.78, 5) is 45.3. The number of rotatable bonds is 12. The van der Waals surface area contributed by atoms with Crippen LogP contribution in [0.15, 0.2) is 35.3 Å². The van der Waals surface area contributed by atoms with Crippen LogP contribution in [0.25, 0.3) is 0 Å². The Morgan fingerprint density at radius 1 is 1.25 bits per heavy atom. The zero-order chi connectivity index (χ0) is 22.9. The molecule has 0 aliphatic carbocycles. The second kappa shape index (κ2) is 11.4. The molecule has 3 N–H and O–H groups in total. The molecule has 1 aliphatic heterocycles. The van der Waals surface area contributed by atoms with Gasteiger partial charge in [0.05, 0.1) is 12.5 Å². The predicted octanol–water partition coefficient (Wildman–Crippen LogP) is 1.67. The number of nitrogens with zero attached hydrogens (tertiary/aromatic N) is 3. The molecule has 3 heterocycles. The van der Waals surface area contributed by atoms with Crippen LogP contribution in [0, 0.1) is 0 Å². The van der Waals surface area contributed by atoms with Gasteiger partial charge >= 0.3 is 5.97 Å². The van der Waals surface area contributed by atoms with Gasteiger partial charge in [0.25, 0.3) is 0 Å². The van der Waals surface area contributed by atoms with E-state index in [4.69, 9.17) is 4.98 Å². The Bertz CT molecular complexity index is 957. The van der Waals surface area contributed by atoms with E-state index in [9.17, 15) is 19.5 Å². The van der Waals surface area contributed by atoms with Crippen molar-refractivity contribution in [1.29, 1.82) is 0 Å². The van der Waals surface area contributed by atoms with Gasteiger partial charge in [0.1, 0.15) is 5.82 Å². The maximum absolute atomic E-state index is 11.7. The smallest absolute Gasteiger partial charge is 0.305 e. The average Bonchev–Trinajstić information content (AvgIpc) is 2.79. The van der Waals surface area contributed by atoms with Gasteiger partial charge in [-0.3, -0.25) is 14.4 Å². The average molecular weight is 442 g/mol. The third-order valence-corrected chi connectivity index (χ3v) is 5.76. The van der Waals surface area contributed by atoms with Crippen molar-refractivity contribution in [3.8, 4) is 0 Å². The number of hydrogen-bond acceptors (Lipinski definition) is 6. The number of aromatic amines is 1. The van der Waals surface area contributed by atoms with E-state index in [-0.39, 0.29) is 12.0 Å². The summed E-state index contributed by atoms with van der Waals surface area (Å²) in [5, 5.41) is 12.6. The number of aryl methyl sites for hydroxylation is 2. The number of fused-ring (bicyclic) bond motifs is 1. The first-order valence-corrected chi connectivity index (χ1v) is 11.0. The molecule has 0 radical (unpaired) electrons. The van der Waals surface area contributed by atoms with E-state index in [1.54, 1.807) is 6.07 Å². The van der Waals surface area contributed by atoms with E-state index in [0.29, 0.717) is 25.1 Å². The van der Waals surface area contributed by atoms with Crippen LogP contribution in [0.2, 0.25) is 0 Å². The van der Waals surface area contributed by atoms with E-state index in [2.05, 4.69) is 27.3 Å². The Kier molecular flexibility index (Phi) is 8.38. The number of aliphatic carboxylic acids is 1. The number of nitrogens with one attached hydrogen (secondary N) is 2. The van der Waals surface area contributed by atoms with Crippen molar-refractivity contribution in [2.24, 2.45) is 0 Å². The number of H-pyrrole nitrogens is 1. The van der Waals surface area contributed by atoms with Crippen LogP contribution in [0.5, 0.6) is 0 Å². The second-order valence-electron chi connectivity index (χ2n) is 8.19. The lowest BCUT2D eigenvalue weighted by Gasteiger charge is -2.29. The minimum atomic E-state index is -1.01. The third kappa shape index (κ3) is 6.65. The fourth-order valence-corrected chi connectivity index (χ4v) is 3.94. The molecule has 0 spiro atoms. The molecule has 2 aromatic heterocycles. The van der Waals surface area contributed by atoms with Crippen LogP contribution in [-0.4, -0.2) is 70.5 Å². The van der Waals surface area contributed by atoms with Crippen molar-refractivity contribution in [2.75, 3.05) is 38.5 Å². The van der Waals surface area contributed by atoms with Gasteiger partial charge in [-0.2, -0.15) is 0 Å². The molecule has 1 amide bonds. The highest BCUT2D eigenvalue weighted by molar-refractivity contribution is 5.68. The molecule has 1 unspecified atom stereocenters. The Morgan fingerprint density at radius 2 is 2.09 bits per heavy atom. The molecular formula is C23H31N5O4. The highest BCUT2D eigenvalue weighted by Crippen LogP contribution is 2.22. The summed E-state index contributed by atoms with van der Waals surface area (Å²) in [5.41, 5.74) is 2.67. The molecule has 0 saturated heterocycles. The molecule has 9 nitrogen and oxygen atoms in total. The van der Waals surface area contributed by atoms with Gasteiger partial charge in [0.15, 0.2) is 0 Å². The summed E-state index contributed by atoms with van der Waals surface area (Å²) in [6, 6.07) is 6.52. The molecule has 2 aromatic rings. The third-order valence-electron chi connectivity index (χ3n) is 5.76. The number of carbonyl (C=O) groups is 2. The van der Waals surface area contributed by atoms with Crippen molar-refractivity contribution in [3.63, 3.8) is 0 Å². The number of pyridine rings is 2. The highest BCUT2D eigenvalue weighted by atomic mass is 16.4. The predicted molar refractivity (Wildman–Crippen MR) is 122 cm³/mol. The lowest BCUT2D eigenvalue weighted by Crippen LogP contribution is -2.36. The van der Waals surface area contributed by atoms with Crippen molar-refractivity contribution in [3.05, 3.63) is 57.6 Å². The van der Waals surface area contributed by atoms with Gasteiger partial charge in [-0.15, -0.1) is 0 Å². The standard InChI is InChI=1S/C23H31N5O4/c1-27(11-3-5-19-8-6-17-4-2-10-24-23(17)26-19)12-13-28(16-29)20(14-22(31)32)18-7-9-21(30)25-15-18/h6-9,15-16,20H,2-5,10-14H2,1H3,(H,24,26)(H,25,30)(H,31,32). The molecule has 0 bridgehead atoms. The molecule has 1 aliphatic rings. The summed E-state index contributed by atoms with van der Waals surface area (Å²) in [6.45, 7) is 2.80. The number of carboxylic acid groups (broad SMARTS) is 1. The number of amides is 1. The number of anilines is 1. The molecule has 0 fully saturated rings. The fourth-order valence-electron chi connectivity index (χ4n) is 3.94. The van der Waals surface area contributed by atoms with Crippen molar-refractivity contribution < 1.29 is 14.7 Å². The van der Waals surface area contributed by atoms with Crippen LogP contribution in [0.1, 0.15) is 42.1 Å². The topological polar surface area (TPSA) is 119 Å². The van der Waals surface area contributed by atoms with E-state index in [1.165, 1.54) is 22.7 Å². The highest BCUT2D eigenvalue weighted by Gasteiger charge is 2.22. The quantitative estimate of drug-likeness (QED) is 0.429. The van der Waals surface area contributed by atoms with Gasteiger partial charge in [-0.25, -0.2) is 4.98 Å². The first-order valence-electron chi connectivity index (χ1n) is 11.0. The van der Waals surface area contributed by atoms with Gasteiger partial charge in [0.2, 0.25) is 12.0 Å². The minimum absolute atomic E-state index is 0.230. The van der Waals surface area contributed by atoms with Gasteiger partial charge in [-0.05, 0) is 56.5 Å². The molecular weight excluding hydrogens is 410 g/mol. The van der Waals surface area contributed by atoms with Crippen LogP contribution in [0.4, 0.5) is 5.82 Å². The van der Waals surface area contributed by atoms with Crippen LogP contribution < -0.4 is 10.9 Å². The van der Waals surface area contributed by atoms with Crippen LogP contribution >= 0.6 is 0 Å². The van der Waals surface area contributed by atoms with E-state index in [0.717, 1.165) is 50.3 Å². The Hall–Kier alpha value is -3.20. The van der Waals surface area contributed by atoms with Gasteiger partial charge in [0, 0.05) is 37.6 Å². The summed E-state index contributed by atoms with van der Waals surface area (Å²) < 4.78 is 0. The minimum Gasteiger partial charge on any atom is -0.481 e. The summed E-state index contributed by atoms with van der Waals surface area (Å²) in [6.07, 6.45) is 5.94. The Morgan fingerprint density at radius 3 is 2.81 bits per heavy atom. The largest absolute Gasteiger partial charge is 0.481 e. The van der Waals surface area contributed by atoms with Crippen molar-refractivity contribution >= 4 is 18.2 Å². The number of hydrogen-bond donors (Lipinski definition) is 3. The van der Waals surface area contributed by atoms with Gasteiger partial charge < -0.3 is 25.2 Å². The number of carbonyl (C=O) groups excluding carboxylic acids is 1. The summed E-state index contributed by atoms with van der Waals surface area (Å²) in [7, 11) is 1.98. The zero-order valence-corrected chi connectivity index (χ0v) is 18.4. The summed E-state index contributed by atoms with van der Waals surface area (Å²) in [5.74, 6) is 0.00361. The maximum Gasteiger partial charge on any atom is 0.305 e. The molecule has 3 rings (SSSR count). The number of likely N-dealkylation sites (N-methyl/N-ethyl adjacent to an activating group) is 1. The first kappa shape index (κ1) is 23.5. The molecule has 0 aromatic carbocycles. The molecule has 9 heteroatoms. The lowest BCUT2D eigenvalue weighted by molar-refractivity contribution is -0.139. The monoisotopic (exact) mass is 441 g/mol. The normalized spacial score (nSPS) is 13.8. The van der Waals surface area contributed by atoms with Crippen LogP contribution in [0.3, 0.4) is 0 Å². The Labute approximate surface area is 187 Å².